The first kappa shape index (κ1) is 7.91. The Kier molecular flexibility index (Phi) is 2.23. The lowest BCUT2D eigenvalue weighted by molar-refractivity contribution is 0.0611. The zero-order valence-electron chi connectivity index (χ0n) is 5.57. The molecule has 0 saturated heterocycles. The van der Waals surface area contributed by atoms with Gasteiger partial charge in [0.1, 0.15) is 12.3 Å². The molecule has 0 radical (unpaired) electrons. The van der Waals surface area contributed by atoms with Gasteiger partial charge in [-0.15, -0.1) is 0 Å². The van der Waals surface area contributed by atoms with Crippen LogP contribution in [0.4, 0.5) is 4.39 Å². The molecule has 0 aromatic carbocycles. The van der Waals surface area contributed by atoms with Crippen molar-refractivity contribution < 1.29 is 14.6 Å². The molecule has 0 aromatic heterocycles. The van der Waals surface area contributed by atoms with Crippen LogP contribution in [0.2, 0.25) is 0 Å². The molecule has 1 aliphatic carbocycles. The number of aliphatic hydroxyl groups is 2. The lowest BCUT2D eigenvalue weighted by Crippen LogP contribution is -2.33. The average molecular weight is 149 g/mol. The summed E-state index contributed by atoms with van der Waals surface area (Å²) in [6.07, 6.45) is -2.06. The van der Waals surface area contributed by atoms with Crippen LogP contribution < -0.4 is 5.73 Å². The predicted molar refractivity (Wildman–Crippen MR) is 34.1 cm³/mol. The third-order valence-electron chi connectivity index (χ3n) is 2.02. The zero-order valence-corrected chi connectivity index (χ0v) is 5.57. The summed E-state index contributed by atoms with van der Waals surface area (Å²) in [6.45, 7) is -0.230. The molecule has 1 fully saturated rings. The highest BCUT2D eigenvalue weighted by atomic mass is 19.1. The van der Waals surface area contributed by atoms with Gasteiger partial charge in [0.15, 0.2) is 0 Å². The van der Waals surface area contributed by atoms with Crippen LogP contribution in [-0.4, -0.2) is 35.1 Å². The van der Waals surface area contributed by atoms with Crippen molar-refractivity contribution >= 4 is 0 Å². The van der Waals surface area contributed by atoms with Crippen LogP contribution in [0.25, 0.3) is 0 Å². The minimum atomic E-state index is -1.35. The molecule has 3 nitrogen and oxygen atoms in total. The molecular formula is C6H12FNO2. The van der Waals surface area contributed by atoms with Crippen molar-refractivity contribution in [2.24, 2.45) is 11.7 Å². The van der Waals surface area contributed by atoms with Crippen LogP contribution in [-0.2, 0) is 0 Å². The van der Waals surface area contributed by atoms with Crippen LogP contribution in [0.15, 0.2) is 0 Å². The second-order valence-corrected chi connectivity index (χ2v) is 2.78. The van der Waals surface area contributed by atoms with Gasteiger partial charge < -0.3 is 15.9 Å². The highest BCUT2D eigenvalue weighted by Crippen LogP contribution is 2.27. The molecule has 4 atom stereocenters. The van der Waals surface area contributed by atoms with E-state index in [1.54, 1.807) is 0 Å². The molecule has 0 aliphatic heterocycles. The fourth-order valence-corrected chi connectivity index (χ4v) is 1.31. The van der Waals surface area contributed by atoms with E-state index in [1.165, 1.54) is 0 Å². The van der Waals surface area contributed by atoms with E-state index in [2.05, 4.69) is 0 Å². The van der Waals surface area contributed by atoms with E-state index >= 15 is 0 Å². The number of nitrogens with two attached hydrogens (primary N) is 1. The Hall–Kier alpha value is -0.190. The second-order valence-electron chi connectivity index (χ2n) is 2.78. The average Bonchev–Trinajstić information content (AvgIpc) is 2.17. The third kappa shape index (κ3) is 1.14. The summed E-state index contributed by atoms with van der Waals surface area (Å²) in [6, 6.07) is -0.507. The first-order valence-electron chi connectivity index (χ1n) is 3.35. The Labute approximate surface area is 58.7 Å². The van der Waals surface area contributed by atoms with Gasteiger partial charge >= 0.3 is 0 Å². The highest BCUT2D eigenvalue weighted by Gasteiger charge is 2.40. The van der Waals surface area contributed by atoms with Crippen LogP contribution in [0.1, 0.15) is 6.42 Å². The molecule has 10 heavy (non-hydrogen) atoms. The van der Waals surface area contributed by atoms with E-state index in [-0.39, 0.29) is 6.61 Å². The number of rotatable bonds is 1. The molecule has 1 aliphatic rings. The molecule has 4 heteroatoms. The van der Waals surface area contributed by atoms with Crippen molar-refractivity contribution in [3.8, 4) is 0 Å². The lowest BCUT2D eigenvalue weighted by Gasteiger charge is -2.10. The number of hydrogen-bond donors (Lipinski definition) is 3. The highest BCUT2D eigenvalue weighted by molar-refractivity contribution is 4.93. The van der Waals surface area contributed by atoms with Crippen molar-refractivity contribution in [3.05, 3.63) is 0 Å². The Bertz CT molecular complexity index is 122. The van der Waals surface area contributed by atoms with Crippen molar-refractivity contribution in [1.82, 2.24) is 0 Å². The Morgan fingerprint density at radius 2 is 2.20 bits per heavy atom. The molecule has 1 rings (SSSR count). The van der Waals surface area contributed by atoms with Gasteiger partial charge in [0.2, 0.25) is 0 Å². The summed E-state index contributed by atoms with van der Waals surface area (Å²) in [5.41, 5.74) is 5.33. The summed E-state index contributed by atoms with van der Waals surface area (Å²) < 4.78 is 12.7. The van der Waals surface area contributed by atoms with Gasteiger partial charge in [-0.05, 0) is 6.42 Å². The first-order valence-corrected chi connectivity index (χ1v) is 3.35. The van der Waals surface area contributed by atoms with Crippen LogP contribution in [0.3, 0.4) is 0 Å². The van der Waals surface area contributed by atoms with Gasteiger partial charge in [-0.3, -0.25) is 0 Å². The minimum Gasteiger partial charge on any atom is -0.396 e. The standard InChI is InChI=1S/C6H12FNO2/c7-5-3(2-9)1-4(8)6(5)10/h3-6,9-10H,1-2,8H2/t3-,4-,5-,6-/m0/s1. The van der Waals surface area contributed by atoms with E-state index in [0.717, 1.165) is 0 Å². The van der Waals surface area contributed by atoms with E-state index < -0.39 is 24.2 Å². The van der Waals surface area contributed by atoms with Gasteiger partial charge in [0.25, 0.3) is 0 Å². The molecule has 4 N–H and O–H groups in total. The quantitative estimate of drug-likeness (QED) is 0.449. The van der Waals surface area contributed by atoms with E-state index in [0.29, 0.717) is 6.42 Å². The van der Waals surface area contributed by atoms with E-state index in [4.69, 9.17) is 15.9 Å². The number of hydrogen-bond acceptors (Lipinski definition) is 3. The van der Waals surface area contributed by atoms with Gasteiger partial charge in [0.05, 0.1) is 0 Å². The van der Waals surface area contributed by atoms with E-state index in [9.17, 15) is 4.39 Å². The van der Waals surface area contributed by atoms with Gasteiger partial charge in [-0.1, -0.05) is 0 Å². The monoisotopic (exact) mass is 149 g/mol. The first-order chi connectivity index (χ1) is 4.66. The molecule has 0 heterocycles. The third-order valence-corrected chi connectivity index (χ3v) is 2.02. The molecule has 0 spiro atoms. The van der Waals surface area contributed by atoms with Crippen LogP contribution in [0, 0.1) is 5.92 Å². The maximum absolute atomic E-state index is 12.7. The van der Waals surface area contributed by atoms with Crippen molar-refractivity contribution in [2.75, 3.05) is 6.61 Å². The summed E-state index contributed by atoms with van der Waals surface area (Å²) in [4.78, 5) is 0. The largest absolute Gasteiger partial charge is 0.396 e. The topological polar surface area (TPSA) is 66.5 Å². The maximum Gasteiger partial charge on any atom is 0.132 e. The zero-order chi connectivity index (χ0) is 7.72. The van der Waals surface area contributed by atoms with Gasteiger partial charge in [-0.2, -0.15) is 0 Å². The number of halogens is 1. The SMILES string of the molecule is N[C@H]1C[C@@H](CO)[C@H](F)[C@H]1O. The molecule has 0 bridgehead atoms. The van der Waals surface area contributed by atoms with Gasteiger partial charge in [0, 0.05) is 18.6 Å². The molecule has 0 unspecified atom stereocenters. The number of alkyl halides is 1. The Morgan fingerprint density at radius 3 is 2.40 bits per heavy atom. The molecule has 0 amide bonds. The molecular weight excluding hydrogens is 137 g/mol. The van der Waals surface area contributed by atoms with Crippen LogP contribution in [0.5, 0.6) is 0 Å². The van der Waals surface area contributed by atoms with E-state index in [1.807, 2.05) is 0 Å². The summed E-state index contributed by atoms with van der Waals surface area (Å²) >= 11 is 0. The smallest absolute Gasteiger partial charge is 0.132 e. The Balaban J connectivity index is 2.53. The fourth-order valence-electron chi connectivity index (χ4n) is 1.31. The van der Waals surface area contributed by atoms with Gasteiger partial charge in [-0.25, -0.2) is 4.39 Å². The normalized spacial score (nSPS) is 48.0. The van der Waals surface area contributed by atoms with Crippen molar-refractivity contribution in [1.29, 1.82) is 0 Å². The van der Waals surface area contributed by atoms with Crippen LogP contribution >= 0.6 is 0 Å². The summed E-state index contributed by atoms with van der Waals surface area (Å²) in [5.74, 6) is -0.468. The minimum absolute atomic E-state index is 0.230. The van der Waals surface area contributed by atoms with Crippen molar-refractivity contribution in [3.63, 3.8) is 0 Å². The lowest BCUT2D eigenvalue weighted by atomic mass is 10.1. The summed E-state index contributed by atoms with van der Waals surface area (Å²) in [5, 5.41) is 17.5. The maximum atomic E-state index is 12.7. The van der Waals surface area contributed by atoms with Crippen molar-refractivity contribution in [2.45, 2.75) is 24.7 Å². The second kappa shape index (κ2) is 2.82. The number of aliphatic hydroxyl groups excluding tert-OH is 2. The molecule has 0 aromatic rings. The molecule has 60 valence electrons. The predicted octanol–water partition coefficient (Wildman–Crippen LogP) is -0.975. The molecule has 1 saturated carbocycles. The fraction of sp³-hybridized carbons (Fsp3) is 1.00. The summed E-state index contributed by atoms with van der Waals surface area (Å²) in [7, 11) is 0. The Morgan fingerprint density at radius 1 is 1.60 bits per heavy atom.